The molecule has 0 unspecified atom stereocenters. The van der Waals surface area contributed by atoms with Crippen molar-refractivity contribution in [3.63, 3.8) is 0 Å². The van der Waals surface area contributed by atoms with Crippen molar-refractivity contribution < 1.29 is 22.3 Å². The number of methoxy groups -OCH3 is 1. The van der Waals surface area contributed by atoms with Gasteiger partial charge in [-0.1, -0.05) is 12.1 Å². The number of pyridine rings is 1. The fourth-order valence-electron chi connectivity index (χ4n) is 4.26. The second-order valence-corrected chi connectivity index (χ2v) is 10.2. The molecule has 0 amide bonds. The van der Waals surface area contributed by atoms with E-state index in [2.05, 4.69) is 21.7 Å². The number of fused-ring (bicyclic) bond motifs is 1. The summed E-state index contributed by atoms with van der Waals surface area (Å²) in [5.74, 6) is 0.596. The number of anilines is 1. The molecule has 0 spiro atoms. The van der Waals surface area contributed by atoms with E-state index in [-0.39, 0.29) is 23.5 Å². The number of alkyl halides is 1. The summed E-state index contributed by atoms with van der Waals surface area (Å²) in [6.45, 7) is 1.47. The molecular weight excluding hydrogens is 433 g/mol. The van der Waals surface area contributed by atoms with Crippen molar-refractivity contribution in [3.8, 4) is 5.88 Å². The zero-order valence-electron chi connectivity index (χ0n) is 18.5. The topological polar surface area (TPSA) is 80.8 Å². The third-order valence-electron chi connectivity index (χ3n) is 6.27. The molecule has 0 radical (unpaired) electrons. The highest BCUT2D eigenvalue weighted by Crippen LogP contribution is 2.39. The van der Waals surface area contributed by atoms with E-state index in [0.717, 1.165) is 55.6 Å². The lowest BCUT2D eigenvalue weighted by molar-refractivity contribution is -0.0153. The Balaban J connectivity index is 1.47. The molecule has 2 heterocycles. The van der Waals surface area contributed by atoms with E-state index in [1.165, 1.54) is 7.11 Å². The van der Waals surface area contributed by atoms with Crippen molar-refractivity contribution in [1.82, 2.24) is 9.88 Å². The number of rotatable bonds is 8. The van der Waals surface area contributed by atoms with E-state index in [9.17, 15) is 12.8 Å². The van der Waals surface area contributed by atoms with Crippen molar-refractivity contribution >= 4 is 15.7 Å². The fraction of sp³-hybridized carbons (Fsp3) is 0.522. The third-order valence-corrected chi connectivity index (χ3v) is 7.66. The molecule has 1 aromatic carbocycles. The molecule has 1 fully saturated rings. The van der Waals surface area contributed by atoms with Gasteiger partial charge in [0.25, 0.3) is 10.0 Å². The highest BCUT2D eigenvalue weighted by molar-refractivity contribution is 7.92. The van der Waals surface area contributed by atoms with Gasteiger partial charge in [-0.05, 0) is 61.6 Å². The Morgan fingerprint density at radius 2 is 1.91 bits per heavy atom. The quantitative estimate of drug-likeness (QED) is 0.648. The van der Waals surface area contributed by atoms with Crippen LogP contribution >= 0.6 is 0 Å². The maximum absolute atomic E-state index is 13.0. The Kier molecular flexibility index (Phi) is 6.97. The van der Waals surface area contributed by atoms with Crippen LogP contribution in [0.5, 0.6) is 5.88 Å². The number of likely N-dealkylation sites (N-methyl/N-ethyl adjacent to an activating group) is 1. The van der Waals surface area contributed by atoms with Gasteiger partial charge >= 0.3 is 0 Å². The number of ether oxygens (including phenoxy) is 2. The molecule has 7 nitrogen and oxygen atoms in total. The third kappa shape index (κ3) is 5.05. The summed E-state index contributed by atoms with van der Waals surface area (Å²) < 4.78 is 51.7. The summed E-state index contributed by atoms with van der Waals surface area (Å²) in [5.41, 5.74) is 3.41. The second-order valence-electron chi connectivity index (χ2n) is 8.48. The van der Waals surface area contributed by atoms with Crippen molar-refractivity contribution in [2.75, 3.05) is 45.3 Å². The van der Waals surface area contributed by atoms with Gasteiger partial charge in [0.1, 0.15) is 12.4 Å². The summed E-state index contributed by atoms with van der Waals surface area (Å²) in [5, 5.41) is 0. The largest absolute Gasteiger partial charge is 0.479 e. The number of nitrogens with zero attached hydrogens (tertiary/aromatic N) is 2. The van der Waals surface area contributed by atoms with Crippen molar-refractivity contribution in [3.05, 3.63) is 47.2 Å². The van der Waals surface area contributed by atoms with Gasteiger partial charge < -0.3 is 14.4 Å². The SMILES string of the molecule is COc1nc2c(cc1NS(=O)(=O)c1ccc([C@H]3C[C@H](OCCF)C3)cc1)CCN(C)CC2. The molecule has 0 saturated heterocycles. The van der Waals surface area contributed by atoms with Crippen LogP contribution in [0.1, 0.15) is 35.6 Å². The molecule has 0 bridgehead atoms. The molecule has 4 rings (SSSR count). The van der Waals surface area contributed by atoms with Gasteiger partial charge in [0.2, 0.25) is 5.88 Å². The van der Waals surface area contributed by atoms with Gasteiger partial charge in [-0.15, -0.1) is 0 Å². The van der Waals surface area contributed by atoms with Crippen LogP contribution in [0.25, 0.3) is 0 Å². The summed E-state index contributed by atoms with van der Waals surface area (Å²) in [7, 11) is -0.233. The number of halogens is 1. The lowest BCUT2D eigenvalue weighted by Gasteiger charge is -2.35. The van der Waals surface area contributed by atoms with E-state index in [0.29, 0.717) is 11.6 Å². The van der Waals surface area contributed by atoms with Crippen LogP contribution in [0.4, 0.5) is 10.1 Å². The maximum atomic E-state index is 13.0. The molecule has 0 atom stereocenters. The molecule has 1 aliphatic carbocycles. The molecular formula is C23H30FN3O4S. The lowest BCUT2D eigenvalue weighted by atomic mass is 9.77. The molecule has 1 N–H and O–H groups in total. The Bertz CT molecular complexity index is 1040. The smallest absolute Gasteiger partial charge is 0.262 e. The Morgan fingerprint density at radius 1 is 1.19 bits per heavy atom. The van der Waals surface area contributed by atoms with Crippen molar-refractivity contribution in [1.29, 1.82) is 0 Å². The predicted molar refractivity (Wildman–Crippen MR) is 121 cm³/mol. The summed E-state index contributed by atoms with van der Waals surface area (Å²) in [6, 6.07) is 8.76. The Morgan fingerprint density at radius 3 is 2.59 bits per heavy atom. The Hall–Kier alpha value is -2.23. The van der Waals surface area contributed by atoms with E-state index in [1.54, 1.807) is 12.1 Å². The van der Waals surface area contributed by atoms with Crippen molar-refractivity contribution in [2.45, 2.75) is 42.6 Å². The number of hydrogen-bond donors (Lipinski definition) is 1. The Labute approximate surface area is 189 Å². The molecule has 1 aromatic heterocycles. The van der Waals surface area contributed by atoms with Gasteiger partial charge in [0, 0.05) is 25.2 Å². The van der Waals surface area contributed by atoms with Gasteiger partial charge in [-0.2, -0.15) is 0 Å². The van der Waals surface area contributed by atoms with Crippen LogP contribution in [0.15, 0.2) is 35.2 Å². The molecule has 2 aromatic rings. The highest BCUT2D eigenvalue weighted by atomic mass is 32.2. The predicted octanol–water partition coefficient (Wildman–Crippen LogP) is 3.15. The van der Waals surface area contributed by atoms with Gasteiger partial charge in [-0.25, -0.2) is 17.8 Å². The summed E-state index contributed by atoms with van der Waals surface area (Å²) in [4.78, 5) is 6.99. The van der Waals surface area contributed by atoms with E-state index < -0.39 is 16.7 Å². The van der Waals surface area contributed by atoms with Crippen LogP contribution in [-0.4, -0.2) is 64.9 Å². The van der Waals surface area contributed by atoms with E-state index in [1.807, 2.05) is 18.2 Å². The molecule has 9 heteroatoms. The van der Waals surface area contributed by atoms with Crippen molar-refractivity contribution in [2.24, 2.45) is 0 Å². The molecule has 1 saturated carbocycles. The average molecular weight is 464 g/mol. The highest BCUT2D eigenvalue weighted by Gasteiger charge is 2.31. The minimum atomic E-state index is -3.79. The van der Waals surface area contributed by atoms with E-state index >= 15 is 0 Å². The number of benzene rings is 1. The van der Waals surface area contributed by atoms with Crippen LogP contribution in [0, 0.1) is 0 Å². The standard InChI is InChI=1S/C23H30FN3O4S/c1-27-10-7-17-15-22(23(30-2)25-21(17)8-11-27)26-32(28,29)20-5-3-16(4-6-20)18-13-19(14-18)31-12-9-24/h3-6,15,18-19,26H,7-14H2,1-2H3/t18-,19-. The van der Waals surface area contributed by atoms with Crippen LogP contribution in [0.3, 0.4) is 0 Å². The zero-order chi connectivity index (χ0) is 22.7. The molecule has 174 valence electrons. The number of aromatic nitrogens is 1. The van der Waals surface area contributed by atoms with Crippen LogP contribution in [0.2, 0.25) is 0 Å². The summed E-state index contributed by atoms with van der Waals surface area (Å²) in [6.07, 6.45) is 3.37. The zero-order valence-corrected chi connectivity index (χ0v) is 19.3. The first-order valence-electron chi connectivity index (χ1n) is 10.9. The van der Waals surface area contributed by atoms with Crippen LogP contribution < -0.4 is 9.46 Å². The first kappa shape index (κ1) is 22.9. The molecule has 2 aliphatic rings. The molecule has 32 heavy (non-hydrogen) atoms. The minimum absolute atomic E-state index is 0.0915. The van der Waals surface area contributed by atoms with Gasteiger partial charge in [0.05, 0.1) is 24.7 Å². The lowest BCUT2D eigenvalue weighted by Crippen LogP contribution is -2.30. The first-order valence-corrected chi connectivity index (χ1v) is 12.4. The number of nitrogens with one attached hydrogen (secondary N) is 1. The number of sulfonamides is 1. The van der Waals surface area contributed by atoms with Crippen LogP contribution in [-0.2, 0) is 27.6 Å². The summed E-state index contributed by atoms with van der Waals surface area (Å²) >= 11 is 0. The normalized spacial score (nSPS) is 21.3. The van der Waals surface area contributed by atoms with Gasteiger partial charge in [-0.3, -0.25) is 4.72 Å². The van der Waals surface area contributed by atoms with Gasteiger partial charge in [0.15, 0.2) is 0 Å². The fourth-order valence-corrected chi connectivity index (χ4v) is 5.31. The van der Waals surface area contributed by atoms with E-state index in [4.69, 9.17) is 9.47 Å². The first-order chi connectivity index (χ1) is 15.4. The maximum Gasteiger partial charge on any atom is 0.262 e. The minimum Gasteiger partial charge on any atom is -0.479 e. The second kappa shape index (κ2) is 9.72. The molecule has 1 aliphatic heterocycles. The monoisotopic (exact) mass is 463 g/mol. The number of hydrogen-bond acceptors (Lipinski definition) is 6. The average Bonchev–Trinajstić information content (AvgIpc) is 2.93.